The van der Waals surface area contributed by atoms with Gasteiger partial charge in [0.15, 0.2) is 0 Å². The highest BCUT2D eigenvalue weighted by atomic mass is 79.9. The third kappa shape index (κ3) is 2.71. The number of hydrogen-bond acceptors (Lipinski definition) is 3. The molecule has 1 aromatic carbocycles. The Morgan fingerprint density at radius 3 is 2.32 bits per heavy atom. The zero-order valence-corrected chi connectivity index (χ0v) is 13.2. The van der Waals surface area contributed by atoms with Gasteiger partial charge in [-0.25, -0.2) is 0 Å². The van der Waals surface area contributed by atoms with Gasteiger partial charge >= 0.3 is 7.12 Å². The molecule has 19 heavy (non-hydrogen) atoms. The summed E-state index contributed by atoms with van der Waals surface area (Å²) in [5.41, 5.74) is 1.14. The molecule has 0 aromatic heterocycles. The maximum atomic E-state index is 8.94. The van der Waals surface area contributed by atoms with Crippen LogP contribution in [-0.4, -0.2) is 18.3 Å². The second-order valence-corrected chi connectivity index (χ2v) is 6.68. The lowest BCUT2D eigenvalue weighted by Gasteiger charge is -2.32. The average molecular weight is 322 g/mol. The highest BCUT2D eigenvalue weighted by Gasteiger charge is 2.52. The smallest absolute Gasteiger partial charge is 0.399 e. The lowest BCUT2D eigenvalue weighted by atomic mass is 9.75. The zero-order chi connectivity index (χ0) is 14.3. The van der Waals surface area contributed by atoms with Gasteiger partial charge < -0.3 is 9.31 Å². The first-order valence-electron chi connectivity index (χ1n) is 6.28. The SMILES string of the molecule is CC1(C)OB(c2ccc(Br)cc2CC#N)OC1(C)C. The van der Waals surface area contributed by atoms with Gasteiger partial charge in [0.1, 0.15) is 0 Å². The summed E-state index contributed by atoms with van der Waals surface area (Å²) in [6.07, 6.45) is 0.346. The fraction of sp³-hybridized carbons (Fsp3) is 0.500. The average Bonchev–Trinajstić information content (AvgIpc) is 2.48. The van der Waals surface area contributed by atoms with Crippen LogP contribution in [-0.2, 0) is 15.7 Å². The molecule has 5 heteroatoms. The van der Waals surface area contributed by atoms with Crippen molar-refractivity contribution in [3.05, 3.63) is 28.2 Å². The molecule has 1 heterocycles. The van der Waals surface area contributed by atoms with Gasteiger partial charge in [-0.15, -0.1) is 0 Å². The van der Waals surface area contributed by atoms with Gasteiger partial charge in [0.2, 0.25) is 0 Å². The summed E-state index contributed by atoms with van der Waals surface area (Å²) in [4.78, 5) is 0. The minimum Gasteiger partial charge on any atom is -0.399 e. The number of rotatable bonds is 2. The normalized spacial score (nSPS) is 20.3. The van der Waals surface area contributed by atoms with Gasteiger partial charge in [-0.2, -0.15) is 5.26 Å². The molecule has 0 bridgehead atoms. The van der Waals surface area contributed by atoms with E-state index in [1.165, 1.54) is 0 Å². The largest absolute Gasteiger partial charge is 0.495 e. The lowest BCUT2D eigenvalue weighted by molar-refractivity contribution is 0.00578. The zero-order valence-electron chi connectivity index (χ0n) is 11.7. The maximum absolute atomic E-state index is 8.94. The fourth-order valence-corrected chi connectivity index (χ4v) is 2.42. The quantitative estimate of drug-likeness (QED) is 0.787. The van der Waals surface area contributed by atoms with Crippen molar-refractivity contribution in [3.63, 3.8) is 0 Å². The first kappa shape index (κ1) is 14.6. The number of nitriles is 1. The van der Waals surface area contributed by atoms with Crippen LogP contribution >= 0.6 is 15.9 Å². The molecule has 100 valence electrons. The van der Waals surface area contributed by atoms with Crippen LogP contribution in [0.3, 0.4) is 0 Å². The topological polar surface area (TPSA) is 42.2 Å². The van der Waals surface area contributed by atoms with Crippen molar-refractivity contribution in [2.24, 2.45) is 0 Å². The minimum absolute atomic E-state index is 0.346. The molecule has 0 N–H and O–H groups in total. The van der Waals surface area contributed by atoms with E-state index in [4.69, 9.17) is 14.6 Å². The molecule has 1 aliphatic rings. The van der Waals surface area contributed by atoms with E-state index in [1.807, 2.05) is 45.9 Å². The molecule has 0 spiro atoms. The first-order valence-corrected chi connectivity index (χ1v) is 7.07. The third-order valence-corrected chi connectivity index (χ3v) is 4.37. The van der Waals surface area contributed by atoms with Crippen LogP contribution in [0.25, 0.3) is 0 Å². The summed E-state index contributed by atoms with van der Waals surface area (Å²) < 4.78 is 13.0. The van der Waals surface area contributed by atoms with Gasteiger partial charge in [0.25, 0.3) is 0 Å². The van der Waals surface area contributed by atoms with Crippen molar-refractivity contribution in [3.8, 4) is 6.07 Å². The molecule has 0 radical (unpaired) electrons. The van der Waals surface area contributed by atoms with E-state index in [9.17, 15) is 0 Å². The summed E-state index contributed by atoms with van der Waals surface area (Å²) in [5, 5.41) is 8.94. The molecule has 1 saturated heterocycles. The summed E-state index contributed by atoms with van der Waals surface area (Å²) in [7, 11) is -0.415. The van der Waals surface area contributed by atoms with Gasteiger partial charge in [-0.05, 0) is 50.9 Å². The standard InChI is InChI=1S/C14H17BBrNO2/c1-13(2)14(3,4)19-15(18-13)12-6-5-11(16)9-10(12)7-8-17/h5-6,9H,7H2,1-4H3. The summed E-state index contributed by atoms with van der Waals surface area (Å²) in [6.45, 7) is 8.09. The van der Waals surface area contributed by atoms with Crippen molar-refractivity contribution in [1.29, 1.82) is 5.26 Å². The molecular weight excluding hydrogens is 305 g/mol. The Morgan fingerprint density at radius 1 is 1.21 bits per heavy atom. The van der Waals surface area contributed by atoms with Crippen LogP contribution in [0, 0.1) is 11.3 Å². The molecule has 1 fully saturated rings. The first-order chi connectivity index (χ1) is 8.77. The van der Waals surface area contributed by atoms with Gasteiger partial charge in [-0.1, -0.05) is 22.0 Å². The third-order valence-electron chi connectivity index (χ3n) is 3.88. The summed E-state index contributed by atoms with van der Waals surface area (Å²) >= 11 is 3.43. The fourth-order valence-electron chi connectivity index (χ4n) is 2.01. The van der Waals surface area contributed by atoms with Gasteiger partial charge in [-0.3, -0.25) is 0 Å². The predicted molar refractivity (Wildman–Crippen MR) is 79.2 cm³/mol. The van der Waals surface area contributed by atoms with E-state index in [-0.39, 0.29) is 11.2 Å². The van der Waals surface area contributed by atoms with Crippen molar-refractivity contribution in [1.82, 2.24) is 0 Å². The molecule has 2 rings (SSSR count). The van der Waals surface area contributed by atoms with Crippen LogP contribution in [0.4, 0.5) is 0 Å². The number of halogens is 1. The van der Waals surface area contributed by atoms with Crippen molar-refractivity contribution in [2.45, 2.75) is 45.3 Å². The Hall–Kier alpha value is -0.825. The lowest BCUT2D eigenvalue weighted by Crippen LogP contribution is -2.41. The molecule has 1 aromatic rings. The van der Waals surface area contributed by atoms with E-state index < -0.39 is 7.12 Å². The Labute approximate surface area is 123 Å². The second-order valence-electron chi connectivity index (χ2n) is 5.77. The predicted octanol–water partition coefficient (Wildman–Crippen LogP) is 2.81. The second kappa shape index (κ2) is 4.94. The van der Waals surface area contributed by atoms with Crippen molar-refractivity contribution >= 4 is 28.5 Å². The number of nitrogens with zero attached hydrogens (tertiary/aromatic N) is 1. The monoisotopic (exact) mass is 321 g/mol. The van der Waals surface area contributed by atoms with Crippen LogP contribution < -0.4 is 5.46 Å². The summed E-state index contributed by atoms with van der Waals surface area (Å²) in [5.74, 6) is 0. The van der Waals surface area contributed by atoms with Crippen molar-refractivity contribution in [2.75, 3.05) is 0 Å². The highest BCUT2D eigenvalue weighted by Crippen LogP contribution is 2.36. The van der Waals surface area contributed by atoms with Crippen LogP contribution in [0.5, 0.6) is 0 Å². The van der Waals surface area contributed by atoms with E-state index in [0.29, 0.717) is 6.42 Å². The van der Waals surface area contributed by atoms with Crippen LogP contribution in [0.1, 0.15) is 33.3 Å². The van der Waals surface area contributed by atoms with E-state index >= 15 is 0 Å². The number of hydrogen-bond donors (Lipinski definition) is 0. The molecule has 0 unspecified atom stereocenters. The van der Waals surface area contributed by atoms with E-state index in [0.717, 1.165) is 15.5 Å². The molecule has 3 nitrogen and oxygen atoms in total. The number of benzene rings is 1. The van der Waals surface area contributed by atoms with Gasteiger partial charge in [0.05, 0.1) is 23.7 Å². The molecular formula is C14H17BBrNO2. The molecule has 0 amide bonds. The van der Waals surface area contributed by atoms with Crippen LogP contribution in [0.15, 0.2) is 22.7 Å². The highest BCUT2D eigenvalue weighted by molar-refractivity contribution is 9.10. The Morgan fingerprint density at radius 2 is 1.79 bits per heavy atom. The van der Waals surface area contributed by atoms with E-state index in [1.54, 1.807) is 0 Å². The Kier molecular flexibility index (Phi) is 3.79. The van der Waals surface area contributed by atoms with Gasteiger partial charge in [0, 0.05) is 4.47 Å². The Balaban J connectivity index is 2.37. The van der Waals surface area contributed by atoms with Crippen molar-refractivity contribution < 1.29 is 9.31 Å². The maximum Gasteiger partial charge on any atom is 0.495 e. The molecule has 0 aliphatic carbocycles. The van der Waals surface area contributed by atoms with Crippen LogP contribution in [0.2, 0.25) is 0 Å². The minimum atomic E-state index is -0.415. The Bertz CT molecular complexity index is 521. The molecule has 0 atom stereocenters. The molecule has 0 saturated carbocycles. The summed E-state index contributed by atoms with van der Waals surface area (Å²) in [6, 6.07) is 8.04. The van der Waals surface area contributed by atoms with E-state index in [2.05, 4.69) is 22.0 Å². The molecule has 1 aliphatic heterocycles.